The summed E-state index contributed by atoms with van der Waals surface area (Å²) in [4.78, 5) is 7.51. The van der Waals surface area contributed by atoms with Crippen molar-refractivity contribution in [1.29, 1.82) is 5.26 Å². The van der Waals surface area contributed by atoms with Gasteiger partial charge in [-0.25, -0.2) is 4.98 Å². The third-order valence-corrected chi connectivity index (χ3v) is 3.10. The molecular formula is C14H15N7. The van der Waals surface area contributed by atoms with Crippen molar-refractivity contribution >= 4 is 28.4 Å². The van der Waals surface area contributed by atoms with Gasteiger partial charge in [-0.1, -0.05) is 0 Å². The molecule has 3 aromatic rings. The SMILES string of the molecule is CCNc1cc(Nc2ccn(C)n2)nc2[nH]cc(C#N)c12. The van der Waals surface area contributed by atoms with Crippen LogP contribution in [0.3, 0.4) is 0 Å². The summed E-state index contributed by atoms with van der Waals surface area (Å²) in [7, 11) is 1.86. The van der Waals surface area contributed by atoms with Gasteiger partial charge < -0.3 is 15.6 Å². The lowest BCUT2D eigenvalue weighted by Crippen LogP contribution is -2.01. The first kappa shape index (κ1) is 13.0. The van der Waals surface area contributed by atoms with Crippen molar-refractivity contribution in [3.05, 3.63) is 30.1 Å². The van der Waals surface area contributed by atoms with Crippen molar-refractivity contribution in [1.82, 2.24) is 19.7 Å². The topological polar surface area (TPSA) is 94.3 Å². The number of fused-ring (bicyclic) bond motifs is 1. The fourth-order valence-electron chi connectivity index (χ4n) is 2.23. The van der Waals surface area contributed by atoms with Crippen LogP contribution in [0.25, 0.3) is 11.0 Å². The average Bonchev–Trinajstić information content (AvgIpc) is 3.05. The number of anilines is 3. The number of H-pyrrole nitrogens is 1. The van der Waals surface area contributed by atoms with Crippen molar-refractivity contribution in [2.75, 3.05) is 17.2 Å². The summed E-state index contributed by atoms with van der Waals surface area (Å²) in [5.74, 6) is 1.39. The number of aromatic amines is 1. The number of rotatable bonds is 4. The zero-order valence-electron chi connectivity index (χ0n) is 11.8. The maximum Gasteiger partial charge on any atom is 0.153 e. The number of nitrogens with zero attached hydrogens (tertiary/aromatic N) is 4. The van der Waals surface area contributed by atoms with Crippen LogP contribution in [0.1, 0.15) is 12.5 Å². The molecular weight excluding hydrogens is 266 g/mol. The Morgan fingerprint density at radius 1 is 1.43 bits per heavy atom. The zero-order chi connectivity index (χ0) is 14.8. The molecule has 106 valence electrons. The lowest BCUT2D eigenvalue weighted by Gasteiger charge is -2.09. The van der Waals surface area contributed by atoms with E-state index in [2.05, 4.69) is 31.8 Å². The normalized spacial score (nSPS) is 10.5. The monoisotopic (exact) mass is 281 g/mol. The maximum absolute atomic E-state index is 9.17. The fraction of sp³-hybridized carbons (Fsp3) is 0.214. The van der Waals surface area contributed by atoms with Gasteiger partial charge >= 0.3 is 0 Å². The van der Waals surface area contributed by atoms with E-state index in [1.54, 1.807) is 10.9 Å². The van der Waals surface area contributed by atoms with Crippen molar-refractivity contribution in [3.63, 3.8) is 0 Å². The number of nitrogens with one attached hydrogen (secondary N) is 3. The molecule has 7 nitrogen and oxygen atoms in total. The van der Waals surface area contributed by atoms with Crippen LogP contribution < -0.4 is 10.6 Å². The highest BCUT2D eigenvalue weighted by Gasteiger charge is 2.12. The molecule has 3 aromatic heterocycles. The number of hydrogen-bond acceptors (Lipinski definition) is 5. The van der Waals surface area contributed by atoms with Crippen molar-refractivity contribution < 1.29 is 0 Å². The summed E-state index contributed by atoms with van der Waals surface area (Å²) in [5.41, 5.74) is 2.12. The van der Waals surface area contributed by atoms with Gasteiger partial charge in [-0.2, -0.15) is 10.4 Å². The molecule has 0 spiro atoms. The molecule has 0 aromatic carbocycles. The van der Waals surface area contributed by atoms with Crippen LogP contribution in [-0.2, 0) is 7.05 Å². The van der Waals surface area contributed by atoms with E-state index >= 15 is 0 Å². The Labute approximate surface area is 121 Å². The number of pyridine rings is 1. The Hall–Kier alpha value is -3.01. The Morgan fingerprint density at radius 3 is 2.95 bits per heavy atom. The zero-order valence-corrected chi connectivity index (χ0v) is 11.8. The molecule has 3 heterocycles. The fourth-order valence-corrected chi connectivity index (χ4v) is 2.23. The highest BCUT2D eigenvalue weighted by Crippen LogP contribution is 2.28. The van der Waals surface area contributed by atoms with Gasteiger partial charge in [0.1, 0.15) is 17.5 Å². The minimum Gasteiger partial charge on any atom is -0.385 e. The van der Waals surface area contributed by atoms with E-state index in [0.29, 0.717) is 17.0 Å². The van der Waals surface area contributed by atoms with Crippen molar-refractivity contribution in [2.45, 2.75) is 6.92 Å². The Bertz CT molecular complexity index is 822. The van der Waals surface area contributed by atoms with Gasteiger partial charge in [0, 0.05) is 38.1 Å². The van der Waals surface area contributed by atoms with Crippen LogP contribution >= 0.6 is 0 Å². The van der Waals surface area contributed by atoms with E-state index in [1.165, 1.54) is 0 Å². The summed E-state index contributed by atoms with van der Waals surface area (Å²) < 4.78 is 1.72. The predicted molar refractivity (Wildman–Crippen MR) is 81.5 cm³/mol. The van der Waals surface area contributed by atoms with Crippen LogP contribution in [0.15, 0.2) is 24.5 Å². The average molecular weight is 281 g/mol. The molecule has 3 rings (SSSR count). The van der Waals surface area contributed by atoms with Gasteiger partial charge in [0.25, 0.3) is 0 Å². The second-order valence-corrected chi connectivity index (χ2v) is 4.62. The van der Waals surface area contributed by atoms with Crippen LogP contribution in [0.2, 0.25) is 0 Å². The number of nitriles is 1. The first-order valence-electron chi connectivity index (χ1n) is 6.64. The van der Waals surface area contributed by atoms with Gasteiger partial charge in [0.15, 0.2) is 5.82 Å². The lowest BCUT2D eigenvalue weighted by atomic mass is 10.2. The minimum atomic E-state index is 0.581. The first-order valence-corrected chi connectivity index (χ1v) is 6.64. The molecule has 0 unspecified atom stereocenters. The molecule has 0 aliphatic carbocycles. The molecule has 0 saturated carbocycles. The van der Waals surface area contributed by atoms with E-state index in [1.807, 2.05) is 32.3 Å². The molecule has 0 atom stereocenters. The summed E-state index contributed by atoms with van der Waals surface area (Å²) in [6.45, 7) is 2.77. The van der Waals surface area contributed by atoms with Crippen LogP contribution in [0.5, 0.6) is 0 Å². The van der Waals surface area contributed by atoms with E-state index in [0.717, 1.165) is 23.4 Å². The van der Waals surface area contributed by atoms with Gasteiger partial charge in [0.2, 0.25) is 0 Å². The Kier molecular flexibility index (Phi) is 3.20. The van der Waals surface area contributed by atoms with Gasteiger partial charge in [0.05, 0.1) is 16.6 Å². The molecule has 3 N–H and O–H groups in total. The molecule has 0 aliphatic rings. The van der Waals surface area contributed by atoms with E-state index in [4.69, 9.17) is 0 Å². The molecule has 0 aliphatic heterocycles. The van der Waals surface area contributed by atoms with Gasteiger partial charge in [-0.05, 0) is 6.92 Å². The molecule has 0 saturated heterocycles. The van der Waals surface area contributed by atoms with Crippen molar-refractivity contribution in [2.24, 2.45) is 7.05 Å². The number of aryl methyl sites for hydroxylation is 1. The summed E-state index contributed by atoms with van der Waals surface area (Å²) in [5, 5.41) is 20.7. The molecule has 0 fully saturated rings. The second-order valence-electron chi connectivity index (χ2n) is 4.62. The van der Waals surface area contributed by atoms with E-state index in [-0.39, 0.29) is 0 Å². The smallest absolute Gasteiger partial charge is 0.153 e. The highest BCUT2D eigenvalue weighted by atomic mass is 15.3. The maximum atomic E-state index is 9.17. The number of hydrogen-bond donors (Lipinski definition) is 3. The van der Waals surface area contributed by atoms with Crippen molar-refractivity contribution in [3.8, 4) is 6.07 Å². The molecule has 7 heteroatoms. The Balaban J connectivity index is 2.06. The first-order chi connectivity index (χ1) is 10.2. The molecule has 21 heavy (non-hydrogen) atoms. The van der Waals surface area contributed by atoms with E-state index < -0.39 is 0 Å². The quantitative estimate of drug-likeness (QED) is 0.682. The minimum absolute atomic E-state index is 0.581. The third kappa shape index (κ3) is 2.39. The molecule has 0 bridgehead atoms. The van der Waals surface area contributed by atoms with Gasteiger partial charge in [-0.3, -0.25) is 4.68 Å². The van der Waals surface area contributed by atoms with Gasteiger partial charge in [-0.15, -0.1) is 0 Å². The highest BCUT2D eigenvalue weighted by molar-refractivity contribution is 5.96. The predicted octanol–water partition coefficient (Wildman–Crippen LogP) is 2.34. The summed E-state index contributed by atoms with van der Waals surface area (Å²) in [6.07, 6.45) is 3.53. The standard InChI is InChI=1S/C14H15N7/c1-3-16-10-6-12(18-11-4-5-21(2)20-11)19-14-13(10)9(7-15)8-17-14/h4-6,8H,3H2,1-2H3,(H3,16,17,18,19,20). The molecule has 0 amide bonds. The second kappa shape index (κ2) is 5.17. The summed E-state index contributed by atoms with van der Waals surface area (Å²) in [6, 6.07) is 5.93. The largest absolute Gasteiger partial charge is 0.385 e. The van der Waals surface area contributed by atoms with Crippen LogP contribution in [0.4, 0.5) is 17.3 Å². The lowest BCUT2D eigenvalue weighted by molar-refractivity contribution is 0.771. The third-order valence-electron chi connectivity index (χ3n) is 3.10. The Morgan fingerprint density at radius 2 is 2.29 bits per heavy atom. The number of aromatic nitrogens is 4. The van der Waals surface area contributed by atoms with Crippen LogP contribution in [-0.4, -0.2) is 26.3 Å². The molecule has 0 radical (unpaired) electrons. The van der Waals surface area contributed by atoms with E-state index in [9.17, 15) is 5.26 Å². The van der Waals surface area contributed by atoms with Crippen LogP contribution in [0, 0.1) is 11.3 Å². The summed E-state index contributed by atoms with van der Waals surface area (Å²) >= 11 is 0.